The number of nitrogens with two attached hydrogens (primary N) is 4. The summed E-state index contributed by atoms with van der Waals surface area (Å²) in [6.45, 7) is 9.07. The molecule has 2 amide bonds. The summed E-state index contributed by atoms with van der Waals surface area (Å²) in [5.41, 5.74) is 26.7. The van der Waals surface area contributed by atoms with Crippen molar-refractivity contribution in [1.82, 2.24) is 10.6 Å². The van der Waals surface area contributed by atoms with Crippen molar-refractivity contribution in [2.45, 2.75) is 46.2 Å². The average Bonchev–Trinajstić information content (AvgIpc) is 3.01. The van der Waals surface area contributed by atoms with Crippen LogP contribution in [0.3, 0.4) is 0 Å². The highest BCUT2D eigenvalue weighted by molar-refractivity contribution is 5.79. The molecule has 4 rings (SSSR count). The van der Waals surface area contributed by atoms with E-state index in [-0.39, 0.29) is 17.3 Å². The van der Waals surface area contributed by atoms with Gasteiger partial charge < -0.3 is 43.0 Å². The third-order valence-electron chi connectivity index (χ3n) is 6.43. The first kappa shape index (κ1) is 35.4. The van der Waals surface area contributed by atoms with E-state index in [4.69, 9.17) is 32.4 Å². The highest BCUT2D eigenvalue weighted by Gasteiger charge is 2.13. The Morgan fingerprint density at radius 2 is 0.957 bits per heavy atom. The molecule has 0 aliphatic heterocycles. The number of amides is 2. The van der Waals surface area contributed by atoms with Gasteiger partial charge in [0.1, 0.15) is 11.5 Å². The maximum Gasteiger partial charge on any atom is 0.412 e. The summed E-state index contributed by atoms with van der Waals surface area (Å²) in [5, 5.41) is 5.38. The van der Waals surface area contributed by atoms with Crippen LogP contribution < -0.4 is 43.0 Å². The predicted octanol–water partition coefficient (Wildman–Crippen LogP) is 5.37. The maximum atomic E-state index is 11.9. The third kappa shape index (κ3) is 13.2. The number of hydrogen-bond acceptors (Lipinski definition) is 6. The van der Waals surface area contributed by atoms with Gasteiger partial charge in [-0.25, -0.2) is 19.6 Å². The van der Waals surface area contributed by atoms with Crippen LogP contribution in [0, 0.1) is 6.92 Å². The second-order valence-corrected chi connectivity index (χ2v) is 11.5. The van der Waals surface area contributed by atoms with E-state index in [1.165, 1.54) is 5.56 Å². The number of benzene rings is 4. The summed E-state index contributed by atoms with van der Waals surface area (Å²) in [6, 6.07) is 29.2. The van der Waals surface area contributed by atoms with Crippen LogP contribution in [0.25, 0.3) is 0 Å². The molecular weight excluding hydrogens is 596 g/mol. The van der Waals surface area contributed by atoms with Crippen LogP contribution in [-0.4, -0.2) is 24.1 Å². The van der Waals surface area contributed by atoms with Crippen molar-refractivity contribution in [3.05, 3.63) is 119 Å². The Hall–Kier alpha value is -6.04. The standard InChI is InChI=1S/C19H24N4O2.C16H18N4O2/c1-19(2,3)14-6-10-16(11-7-14)25-18(24)22-12-13-4-8-15(9-5-13)23-17(20)21;1-11-2-8-14(9-3-11)22-16(21)19-10-12-4-6-13(7-5-12)20-15(17)18/h4-11H,12H2,1-3H3,(H,22,24)(H4,20,21,23);2-9H,10H2,1H3,(H,19,21)(H4,17,18,20). The Kier molecular flexibility index (Phi) is 12.7. The van der Waals surface area contributed by atoms with Crippen molar-refractivity contribution < 1.29 is 19.1 Å². The summed E-state index contributed by atoms with van der Waals surface area (Å²) in [6.07, 6.45) is -1.01. The summed E-state index contributed by atoms with van der Waals surface area (Å²) in [4.78, 5) is 31.4. The lowest BCUT2D eigenvalue weighted by atomic mass is 9.87. The van der Waals surface area contributed by atoms with Crippen molar-refractivity contribution in [3.63, 3.8) is 0 Å². The van der Waals surface area contributed by atoms with Gasteiger partial charge in [0.05, 0.1) is 11.4 Å². The van der Waals surface area contributed by atoms with Crippen LogP contribution in [0.15, 0.2) is 107 Å². The quantitative estimate of drug-likeness (QED) is 0.109. The lowest BCUT2D eigenvalue weighted by molar-refractivity contribution is 0.199. The van der Waals surface area contributed by atoms with Gasteiger partial charge in [0, 0.05) is 13.1 Å². The van der Waals surface area contributed by atoms with Crippen molar-refractivity contribution in [2.24, 2.45) is 32.9 Å². The summed E-state index contributed by atoms with van der Waals surface area (Å²) in [5.74, 6) is 1.03. The molecule has 0 radical (unpaired) electrons. The van der Waals surface area contributed by atoms with Crippen molar-refractivity contribution in [1.29, 1.82) is 0 Å². The van der Waals surface area contributed by atoms with E-state index in [0.717, 1.165) is 16.7 Å². The number of nitrogens with one attached hydrogen (secondary N) is 2. The molecule has 0 aliphatic carbocycles. The maximum absolute atomic E-state index is 11.9. The fraction of sp³-hybridized carbons (Fsp3) is 0.200. The van der Waals surface area contributed by atoms with Crippen LogP contribution >= 0.6 is 0 Å². The molecule has 47 heavy (non-hydrogen) atoms. The van der Waals surface area contributed by atoms with Crippen LogP contribution in [0.5, 0.6) is 11.5 Å². The lowest BCUT2D eigenvalue weighted by Crippen LogP contribution is -2.26. The van der Waals surface area contributed by atoms with Crippen molar-refractivity contribution in [2.75, 3.05) is 0 Å². The molecule has 12 nitrogen and oxygen atoms in total. The molecule has 0 atom stereocenters. The van der Waals surface area contributed by atoms with Gasteiger partial charge in [-0.1, -0.05) is 74.9 Å². The minimum atomic E-state index is -0.503. The molecule has 0 spiro atoms. The topological polar surface area (TPSA) is 205 Å². The second kappa shape index (κ2) is 16.9. The van der Waals surface area contributed by atoms with E-state index < -0.39 is 12.2 Å². The second-order valence-electron chi connectivity index (χ2n) is 11.5. The normalized spacial score (nSPS) is 10.4. The highest BCUT2D eigenvalue weighted by Crippen LogP contribution is 2.24. The zero-order valence-electron chi connectivity index (χ0n) is 27.0. The van der Waals surface area contributed by atoms with Crippen LogP contribution in [0.4, 0.5) is 21.0 Å². The summed E-state index contributed by atoms with van der Waals surface area (Å²) < 4.78 is 10.4. The minimum absolute atomic E-state index is 0.00642. The van der Waals surface area contributed by atoms with E-state index in [1.54, 1.807) is 48.5 Å². The highest BCUT2D eigenvalue weighted by atomic mass is 16.6. The molecule has 12 heteroatoms. The number of guanidine groups is 2. The number of carbonyl (C=O) groups excluding carboxylic acids is 2. The predicted molar refractivity (Wildman–Crippen MR) is 186 cm³/mol. The molecule has 0 aromatic heterocycles. The number of nitrogens with zero attached hydrogens (tertiary/aromatic N) is 2. The monoisotopic (exact) mass is 638 g/mol. The number of ether oxygens (including phenoxy) is 2. The number of aliphatic imine (C=N–C) groups is 2. The molecule has 246 valence electrons. The van der Waals surface area contributed by atoms with Crippen LogP contribution in [0.1, 0.15) is 43.0 Å². The number of rotatable bonds is 8. The largest absolute Gasteiger partial charge is 0.412 e. The van der Waals surface area contributed by atoms with E-state index in [0.29, 0.717) is 36.0 Å². The Morgan fingerprint density at radius 3 is 1.30 bits per heavy atom. The smallest absolute Gasteiger partial charge is 0.410 e. The molecule has 4 aromatic rings. The van der Waals surface area contributed by atoms with Gasteiger partial charge in [0.15, 0.2) is 11.9 Å². The summed E-state index contributed by atoms with van der Waals surface area (Å²) in [7, 11) is 0. The first-order valence-electron chi connectivity index (χ1n) is 14.7. The van der Waals surface area contributed by atoms with E-state index in [2.05, 4.69) is 41.4 Å². The number of carbonyl (C=O) groups is 2. The molecule has 0 saturated heterocycles. The Balaban J connectivity index is 0.000000257. The first-order chi connectivity index (χ1) is 22.3. The van der Waals surface area contributed by atoms with Crippen molar-refractivity contribution >= 4 is 35.5 Å². The van der Waals surface area contributed by atoms with E-state index >= 15 is 0 Å². The van der Waals surface area contributed by atoms with Gasteiger partial charge in [0.25, 0.3) is 0 Å². The third-order valence-corrected chi connectivity index (χ3v) is 6.43. The lowest BCUT2D eigenvalue weighted by Gasteiger charge is -2.19. The number of hydrogen-bond donors (Lipinski definition) is 6. The van der Waals surface area contributed by atoms with Gasteiger partial charge in [0.2, 0.25) is 0 Å². The van der Waals surface area contributed by atoms with Gasteiger partial charge in [-0.15, -0.1) is 0 Å². The zero-order valence-corrected chi connectivity index (χ0v) is 27.0. The molecule has 10 N–H and O–H groups in total. The van der Waals surface area contributed by atoms with Gasteiger partial charge in [-0.2, -0.15) is 0 Å². The molecule has 0 unspecified atom stereocenters. The molecule has 0 fully saturated rings. The van der Waals surface area contributed by atoms with Gasteiger partial charge in [-0.05, 0) is 77.6 Å². The Morgan fingerprint density at radius 1 is 0.596 bits per heavy atom. The summed E-state index contributed by atoms with van der Waals surface area (Å²) >= 11 is 0. The molecule has 0 bridgehead atoms. The van der Waals surface area contributed by atoms with E-state index in [1.807, 2.05) is 55.5 Å². The molecular formula is C35H42N8O4. The van der Waals surface area contributed by atoms with E-state index in [9.17, 15) is 9.59 Å². The molecule has 0 saturated carbocycles. The average molecular weight is 639 g/mol. The van der Waals surface area contributed by atoms with Crippen LogP contribution in [0.2, 0.25) is 0 Å². The molecule has 4 aromatic carbocycles. The van der Waals surface area contributed by atoms with Crippen molar-refractivity contribution in [3.8, 4) is 11.5 Å². The molecule has 0 heterocycles. The fourth-order valence-corrected chi connectivity index (χ4v) is 3.94. The first-order valence-corrected chi connectivity index (χ1v) is 14.7. The van der Waals surface area contributed by atoms with Gasteiger partial charge in [-0.3, -0.25) is 0 Å². The fourth-order valence-electron chi connectivity index (χ4n) is 3.94. The van der Waals surface area contributed by atoms with Gasteiger partial charge >= 0.3 is 12.2 Å². The molecule has 0 aliphatic rings. The Labute approximate surface area is 274 Å². The number of aryl methyl sites for hydroxylation is 1. The minimum Gasteiger partial charge on any atom is -0.410 e. The zero-order chi connectivity index (χ0) is 34.4. The Bertz CT molecular complexity index is 1650. The SMILES string of the molecule is CC(C)(C)c1ccc(OC(=O)NCc2ccc(N=C(N)N)cc2)cc1.Cc1ccc(OC(=O)NCc2ccc(N=C(N)N)cc2)cc1. The van der Waals surface area contributed by atoms with Crippen LogP contribution in [-0.2, 0) is 18.5 Å².